The summed E-state index contributed by atoms with van der Waals surface area (Å²) < 4.78 is 0. The number of carbonyl (C=O) groups is 3. The topological polar surface area (TPSA) is 135 Å². The van der Waals surface area contributed by atoms with Gasteiger partial charge in [-0.3, -0.25) is 4.79 Å². The predicted octanol–water partition coefficient (Wildman–Crippen LogP) is -8.73. The molecule has 20 heavy (non-hydrogen) atoms. The molecule has 0 spiro atoms. The summed E-state index contributed by atoms with van der Waals surface area (Å²) >= 11 is 0. The van der Waals surface area contributed by atoms with Crippen LogP contribution < -0.4 is 80.4 Å². The molecule has 7 nitrogen and oxygen atoms in total. The van der Waals surface area contributed by atoms with E-state index in [4.69, 9.17) is 5.73 Å². The zero-order valence-corrected chi connectivity index (χ0v) is 15.2. The summed E-state index contributed by atoms with van der Waals surface area (Å²) in [7, 11) is 0. The van der Waals surface area contributed by atoms with Crippen LogP contribution in [0.15, 0.2) is 24.3 Å². The van der Waals surface area contributed by atoms with Gasteiger partial charge >= 0.3 is 59.1 Å². The molecule has 1 aromatic carbocycles. The number of carboxylic acid groups (broad SMARTS) is 2. The van der Waals surface area contributed by atoms with Crippen molar-refractivity contribution in [1.82, 2.24) is 5.32 Å². The number of aliphatic carboxylic acids is 2. The Balaban J connectivity index is 0. The van der Waals surface area contributed by atoms with Gasteiger partial charge in [-0.15, -0.1) is 0 Å². The first-order valence-electron chi connectivity index (χ1n) is 4.97. The summed E-state index contributed by atoms with van der Waals surface area (Å²) in [5.41, 5.74) is 6.02. The summed E-state index contributed by atoms with van der Waals surface area (Å²) in [5, 5.41) is 22.9. The molecule has 0 bridgehead atoms. The quantitative estimate of drug-likeness (QED) is 0.409. The second-order valence-electron chi connectivity index (χ2n) is 3.54. The molecule has 0 fully saturated rings. The summed E-state index contributed by atoms with van der Waals surface area (Å²) in [4.78, 5) is 32.5. The maximum absolute atomic E-state index is 11.6. The van der Waals surface area contributed by atoms with Gasteiger partial charge in [0.2, 0.25) is 0 Å². The van der Waals surface area contributed by atoms with Crippen molar-refractivity contribution in [1.29, 1.82) is 0 Å². The number of benzene rings is 1. The number of amides is 1. The molecule has 0 radical (unpaired) electrons. The van der Waals surface area contributed by atoms with Crippen LogP contribution in [0.25, 0.3) is 0 Å². The fourth-order valence-electron chi connectivity index (χ4n) is 1.24. The Kier molecular flexibility index (Phi) is 11.1. The number of nitrogen functional groups attached to an aromatic ring is 1. The molecule has 0 unspecified atom stereocenters. The molecule has 0 saturated heterocycles. The number of hydrogen-bond acceptors (Lipinski definition) is 6. The normalized spacial score (nSPS) is 10.4. The van der Waals surface area contributed by atoms with Crippen molar-refractivity contribution in [2.75, 3.05) is 5.73 Å². The van der Waals surface area contributed by atoms with Gasteiger partial charge < -0.3 is 30.9 Å². The molecule has 1 aromatic rings. The molecule has 0 aromatic heterocycles. The van der Waals surface area contributed by atoms with Crippen molar-refractivity contribution in [3.05, 3.63) is 29.8 Å². The molecular weight excluding hydrogens is 286 g/mol. The predicted molar refractivity (Wildman–Crippen MR) is 56.7 cm³/mol. The van der Waals surface area contributed by atoms with Gasteiger partial charge in [0.1, 0.15) is 0 Å². The third kappa shape index (κ3) is 7.28. The Morgan fingerprint density at radius 1 is 1.10 bits per heavy atom. The molecule has 0 aliphatic carbocycles. The monoisotopic (exact) mass is 296 g/mol. The summed E-state index contributed by atoms with van der Waals surface area (Å²) in [6.45, 7) is 0. The molecule has 3 N–H and O–H groups in total. The van der Waals surface area contributed by atoms with E-state index in [-0.39, 0.29) is 64.7 Å². The second kappa shape index (κ2) is 10.2. The fraction of sp³-hybridized carbons (Fsp3) is 0.182. The van der Waals surface area contributed by atoms with Crippen molar-refractivity contribution in [2.45, 2.75) is 12.5 Å². The van der Waals surface area contributed by atoms with E-state index in [1.165, 1.54) is 24.3 Å². The Morgan fingerprint density at radius 2 is 1.60 bits per heavy atom. The van der Waals surface area contributed by atoms with Crippen molar-refractivity contribution >= 4 is 23.5 Å². The van der Waals surface area contributed by atoms with E-state index < -0.39 is 30.3 Å². The minimum Gasteiger partial charge on any atom is -0.550 e. The van der Waals surface area contributed by atoms with Crippen LogP contribution in [0.3, 0.4) is 0 Å². The standard InChI is InChI=1S/C11H12N2O5.2Na/c12-7-3-1-6(2-4-7)10(16)13-8(11(17)18)5-9(14)15;;/h1-4,8H,5,12H2,(H,13,16)(H,14,15)(H,17,18);;/q;2*+1/p-2/t8-;;/m0../s1. The molecule has 0 saturated carbocycles. The Hall–Kier alpha value is -0.570. The van der Waals surface area contributed by atoms with Crippen LogP contribution in [0.1, 0.15) is 16.8 Å². The number of nitrogens with one attached hydrogen (secondary N) is 1. The first-order valence-corrected chi connectivity index (χ1v) is 4.97. The first kappa shape index (κ1) is 21.7. The molecule has 9 heteroatoms. The minimum absolute atomic E-state index is 0. The van der Waals surface area contributed by atoms with E-state index in [1.54, 1.807) is 0 Å². The van der Waals surface area contributed by atoms with Gasteiger partial charge in [-0.05, 0) is 24.3 Å². The zero-order chi connectivity index (χ0) is 13.7. The third-order valence-electron chi connectivity index (χ3n) is 2.13. The van der Waals surface area contributed by atoms with Gasteiger partial charge in [0.15, 0.2) is 0 Å². The Bertz CT molecular complexity index is 478. The maximum Gasteiger partial charge on any atom is 1.00 e. The molecule has 1 rings (SSSR count). The Labute approximate surface area is 159 Å². The van der Waals surface area contributed by atoms with Crippen LogP contribution in [0.5, 0.6) is 0 Å². The van der Waals surface area contributed by atoms with E-state index in [1.807, 2.05) is 5.32 Å². The van der Waals surface area contributed by atoms with Gasteiger partial charge in [-0.1, -0.05) is 0 Å². The van der Waals surface area contributed by atoms with Crippen LogP contribution in [0.4, 0.5) is 5.69 Å². The molecular formula is C11H10N2Na2O5. The average molecular weight is 296 g/mol. The average Bonchev–Trinajstić information content (AvgIpc) is 2.28. The van der Waals surface area contributed by atoms with Crippen LogP contribution in [-0.2, 0) is 9.59 Å². The maximum atomic E-state index is 11.6. The smallest absolute Gasteiger partial charge is 0.550 e. The van der Waals surface area contributed by atoms with Crippen molar-refractivity contribution in [2.24, 2.45) is 0 Å². The number of carbonyl (C=O) groups excluding carboxylic acids is 3. The number of rotatable bonds is 5. The molecule has 0 aliphatic rings. The van der Waals surface area contributed by atoms with Gasteiger partial charge in [-0.2, -0.15) is 0 Å². The molecule has 1 amide bonds. The third-order valence-corrected chi connectivity index (χ3v) is 2.13. The summed E-state index contributed by atoms with van der Waals surface area (Å²) in [6, 6.07) is 4.05. The second-order valence-corrected chi connectivity index (χ2v) is 3.54. The van der Waals surface area contributed by atoms with E-state index in [0.717, 1.165) is 0 Å². The number of hydrogen-bond donors (Lipinski definition) is 2. The Morgan fingerprint density at radius 3 is 2.00 bits per heavy atom. The summed E-state index contributed by atoms with van der Waals surface area (Å²) in [6.07, 6.45) is -0.858. The number of carboxylic acids is 2. The van der Waals surface area contributed by atoms with Crippen LogP contribution in [0, 0.1) is 0 Å². The minimum atomic E-state index is -1.69. The largest absolute Gasteiger partial charge is 1.00 e. The van der Waals surface area contributed by atoms with E-state index >= 15 is 0 Å². The van der Waals surface area contributed by atoms with Crippen molar-refractivity contribution < 1.29 is 83.7 Å². The SMILES string of the molecule is Nc1ccc(C(=O)N[C@@H](CC(=O)[O-])C(=O)[O-])cc1.[Na+].[Na+]. The van der Waals surface area contributed by atoms with Crippen molar-refractivity contribution in [3.8, 4) is 0 Å². The molecule has 96 valence electrons. The van der Waals surface area contributed by atoms with Crippen LogP contribution in [-0.4, -0.2) is 23.9 Å². The number of nitrogens with two attached hydrogens (primary N) is 1. The van der Waals surface area contributed by atoms with E-state index in [0.29, 0.717) is 5.69 Å². The van der Waals surface area contributed by atoms with Gasteiger partial charge in [0, 0.05) is 23.6 Å². The molecule has 1 atom stereocenters. The number of anilines is 1. The van der Waals surface area contributed by atoms with Crippen molar-refractivity contribution in [3.63, 3.8) is 0 Å². The van der Waals surface area contributed by atoms with Gasteiger partial charge in [0.05, 0.1) is 12.0 Å². The van der Waals surface area contributed by atoms with Crippen LogP contribution >= 0.6 is 0 Å². The van der Waals surface area contributed by atoms with Gasteiger partial charge in [0.25, 0.3) is 5.91 Å². The van der Waals surface area contributed by atoms with E-state index in [9.17, 15) is 24.6 Å². The molecule has 0 aliphatic heterocycles. The van der Waals surface area contributed by atoms with Gasteiger partial charge in [-0.25, -0.2) is 0 Å². The van der Waals surface area contributed by atoms with Crippen LogP contribution in [0.2, 0.25) is 0 Å². The summed E-state index contributed by atoms with van der Waals surface area (Å²) in [5.74, 6) is -4.02. The van der Waals surface area contributed by atoms with E-state index in [2.05, 4.69) is 0 Å². The molecule has 0 heterocycles. The first-order chi connectivity index (χ1) is 8.40. The zero-order valence-electron chi connectivity index (χ0n) is 11.2. The fourth-order valence-corrected chi connectivity index (χ4v) is 1.24.